The maximum Gasteiger partial charge on any atom is 0.259 e. The smallest absolute Gasteiger partial charge is 0.259 e. The maximum atomic E-state index is 13.2. The van der Waals surface area contributed by atoms with Crippen molar-refractivity contribution in [2.75, 3.05) is 12.0 Å². The van der Waals surface area contributed by atoms with Crippen molar-refractivity contribution in [3.63, 3.8) is 0 Å². The number of anilines is 1. The lowest BCUT2D eigenvalue weighted by Gasteiger charge is -2.17. The second-order valence-electron chi connectivity index (χ2n) is 6.86. The van der Waals surface area contributed by atoms with Crippen molar-refractivity contribution in [1.29, 1.82) is 0 Å². The monoisotopic (exact) mass is 358 g/mol. The fraction of sp³-hybridized carbons (Fsp3) is 0.174. The molecule has 0 bridgehead atoms. The van der Waals surface area contributed by atoms with Gasteiger partial charge in [0.1, 0.15) is 5.75 Å². The first-order valence-electron chi connectivity index (χ1n) is 8.99. The number of benzene rings is 2. The van der Waals surface area contributed by atoms with E-state index in [2.05, 4.69) is 18.0 Å². The predicted molar refractivity (Wildman–Crippen MR) is 109 cm³/mol. The molecule has 4 nitrogen and oxygen atoms in total. The van der Waals surface area contributed by atoms with Crippen molar-refractivity contribution in [3.8, 4) is 5.75 Å². The number of rotatable bonds is 4. The van der Waals surface area contributed by atoms with Gasteiger partial charge in [0.05, 0.1) is 24.9 Å². The Balaban J connectivity index is 1.72. The molecule has 2 aromatic carbocycles. The minimum Gasteiger partial charge on any atom is -0.497 e. The van der Waals surface area contributed by atoms with Gasteiger partial charge in [-0.3, -0.25) is 4.79 Å². The summed E-state index contributed by atoms with van der Waals surface area (Å²) in [5, 5.41) is 0. The Morgan fingerprint density at radius 3 is 2.48 bits per heavy atom. The van der Waals surface area contributed by atoms with E-state index >= 15 is 0 Å². The quantitative estimate of drug-likeness (QED) is 0.686. The molecular weight excluding hydrogens is 336 g/mol. The Morgan fingerprint density at radius 2 is 1.81 bits per heavy atom. The van der Waals surface area contributed by atoms with Crippen molar-refractivity contribution in [2.45, 2.75) is 20.4 Å². The molecule has 0 unspecified atom stereocenters. The summed E-state index contributed by atoms with van der Waals surface area (Å²) in [5.41, 5.74) is 6.92. The second-order valence-corrected chi connectivity index (χ2v) is 6.86. The molecule has 4 rings (SSSR count). The number of nitrogens with zero attached hydrogens (tertiary/aromatic N) is 1. The third kappa shape index (κ3) is 3.14. The first-order valence-corrected chi connectivity index (χ1v) is 8.99. The number of carbonyl (C=O) groups excluding carboxylic acids is 1. The van der Waals surface area contributed by atoms with Crippen LogP contribution in [0.5, 0.6) is 5.75 Å². The van der Waals surface area contributed by atoms with E-state index in [1.54, 1.807) is 7.11 Å². The molecule has 1 aliphatic rings. The van der Waals surface area contributed by atoms with Gasteiger partial charge in [0.15, 0.2) is 0 Å². The first kappa shape index (κ1) is 17.2. The fourth-order valence-electron chi connectivity index (χ4n) is 3.56. The number of H-pyrrole nitrogens is 1. The average molecular weight is 358 g/mol. The van der Waals surface area contributed by atoms with Crippen LogP contribution in [0.2, 0.25) is 0 Å². The number of fused-ring (bicyclic) bond motifs is 1. The van der Waals surface area contributed by atoms with E-state index in [1.807, 2.05) is 66.4 Å². The summed E-state index contributed by atoms with van der Waals surface area (Å²) in [6, 6.07) is 17.9. The molecule has 3 aromatic rings. The van der Waals surface area contributed by atoms with E-state index in [9.17, 15) is 4.79 Å². The van der Waals surface area contributed by atoms with E-state index in [0.29, 0.717) is 6.54 Å². The molecule has 0 radical (unpaired) electrons. The maximum absolute atomic E-state index is 13.2. The summed E-state index contributed by atoms with van der Waals surface area (Å²) in [6.07, 6.45) is 1.97. The summed E-state index contributed by atoms with van der Waals surface area (Å²) in [5.74, 6) is 0.837. The lowest BCUT2D eigenvalue weighted by molar-refractivity contribution is -0.113. The van der Waals surface area contributed by atoms with Crippen molar-refractivity contribution in [3.05, 3.63) is 82.7 Å². The molecule has 1 amide bonds. The molecular formula is C23H22N2O2. The van der Waals surface area contributed by atoms with Crippen molar-refractivity contribution in [2.24, 2.45) is 0 Å². The summed E-state index contributed by atoms with van der Waals surface area (Å²) in [7, 11) is 1.65. The number of ether oxygens (including phenoxy) is 1. The third-order valence-corrected chi connectivity index (χ3v) is 4.94. The molecule has 0 fully saturated rings. The predicted octanol–water partition coefficient (Wildman–Crippen LogP) is 4.73. The zero-order valence-electron chi connectivity index (χ0n) is 15.7. The molecule has 136 valence electrons. The highest BCUT2D eigenvalue weighted by molar-refractivity contribution is 6.35. The topological polar surface area (TPSA) is 45.3 Å². The van der Waals surface area contributed by atoms with Crippen LogP contribution < -0.4 is 9.64 Å². The number of nitrogens with one attached hydrogen (secondary N) is 1. The summed E-state index contributed by atoms with van der Waals surface area (Å²) >= 11 is 0. The van der Waals surface area contributed by atoms with Crippen molar-refractivity contribution in [1.82, 2.24) is 4.98 Å². The summed E-state index contributed by atoms with van der Waals surface area (Å²) in [6.45, 7) is 4.60. The first-order chi connectivity index (χ1) is 13.1. The van der Waals surface area contributed by atoms with Gasteiger partial charge in [-0.1, -0.05) is 30.3 Å². The van der Waals surface area contributed by atoms with E-state index in [1.165, 1.54) is 0 Å². The lowest BCUT2D eigenvalue weighted by Crippen LogP contribution is -2.25. The Hall–Kier alpha value is -3.27. The Labute approximate surface area is 159 Å². The number of aromatic nitrogens is 1. The van der Waals surface area contributed by atoms with Crippen LogP contribution in [0.15, 0.2) is 54.6 Å². The van der Waals surface area contributed by atoms with Crippen molar-refractivity contribution >= 4 is 23.2 Å². The Kier molecular flexibility index (Phi) is 4.32. The number of hydrogen-bond donors (Lipinski definition) is 1. The molecule has 2 heterocycles. The minimum atomic E-state index is 0.0265. The molecule has 4 heteroatoms. The number of hydrogen-bond acceptors (Lipinski definition) is 2. The van der Waals surface area contributed by atoms with Crippen LogP contribution in [0.3, 0.4) is 0 Å². The minimum absolute atomic E-state index is 0.0265. The number of amides is 1. The molecule has 1 aromatic heterocycles. The van der Waals surface area contributed by atoms with Crippen LogP contribution >= 0.6 is 0 Å². The van der Waals surface area contributed by atoms with Crippen molar-refractivity contribution < 1.29 is 9.53 Å². The van der Waals surface area contributed by atoms with Crippen LogP contribution in [0.1, 0.15) is 28.1 Å². The van der Waals surface area contributed by atoms with E-state index in [-0.39, 0.29) is 5.91 Å². The van der Waals surface area contributed by atoms with Gasteiger partial charge >= 0.3 is 0 Å². The van der Waals surface area contributed by atoms with Gasteiger partial charge in [-0.05, 0) is 55.3 Å². The highest BCUT2D eigenvalue weighted by Crippen LogP contribution is 2.38. The number of aromatic amines is 1. The SMILES string of the molecule is COc1ccc(CN2C(=O)C(=Cc3[nH]c(C)cc3C)c3ccccc32)cc1. The summed E-state index contributed by atoms with van der Waals surface area (Å²) < 4.78 is 5.22. The molecule has 1 aliphatic heterocycles. The van der Waals surface area contributed by atoms with Crippen LogP contribution in [0, 0.1) is 13.8 Å². The second kappa shape index (κ2) is 6.80. The molecule has 0 spiro atoms. The molecule has 1 N–H and O–H groups in total. The average Bonchev–Trinajstić information content (AvgIpc) is 3.13. The number of methoxy groups -OCH3 is 1. The lowest BCUT2D eigenvalue weighted by atomic mass is 10.1. The van der Waals surface area contributed by atoms with Gasteiger partial charge in [-0.15, -0.1) is 0 Å². The normalized spacial score (nSPS) is 14.7. The van der Waals surface area contributed by atoms with E-state index in [0.717, 1.165) is 45.1 Å². The highest BCUT2D eigenvalue weighted by atomic mass is 16.5. The number of carbonyl (C=O) groups is 1. The summed E-state index contributed by atoms with van der Waals surface area (Å²) in [4.78, 5) is 18.4. The fourth-order valence-corrected chi connectivity index (χ4v) is 3.56. The van der Waals surface area contributed by atoms with Crippen LogP contribution in [0.25, 0.3) is 11.6 Å². The van der Waals surface area contributed by atoms with Gasteiger partial charge < -0.3 is 14.6 Å². The Bertz CT molecular complexity index is 1030. The van der Waals surface area contributed by atoms with Crippen LogP contribution in [-0.2, 0) is 11.3 Å². The molecule has 0 saturated carbocycles. The van der Waals surface area contributed by atoms with Gasteiger partial charge in [-0.2, -0.15) is 0 Å². The van der Waals surface area contributed by atoms with E-state index in [4.69, 9.17) is 4.74 Å². The van der Waals surface area contributed by atoms with Gasteiger partial charge in [-0.25, -0.2) is 0 Å². The molecule has 0 saturated heterocycles. The molecule has 0 aliphatic carbocycles. The number of para-hydroxylation sites is 1. The Morgan fingerprint density at radius 1 is 1.07 bits per heavy atom. The van der Waals surface area contributed by atoms with Crippen LogP contribution in [-0.4, -0.2) is 18.0 Å². The zero-order chi connectivity index (χ0) is 19.0. The van der Waals surface area contributed by atoms with Gasteiger partial charge in [0.2, 0.25) is 0 Å². The zero-order valence-corrected chi connectivity index (χ0v) is 15.7. The third-order valence-electron chi connectivity index (χ3n) is 4.94. The van der Waals surface area contributed by atoms with E-state index < -0.39 is 0 Å². The standard InChI is InChI=1S/C23H22N2O2/c1-15-12-16(2)24-21(15)13-20-19-6-4-5-7-22(19)25(23(20)26)14-17-8-10-18(27-3)11-9-17/h4-13,24H,14H2,1-3H3. The molecule has 27 heavy (non-hydrogen) atoms. The highest BCUT2D eigenvalue weighted by Gasteiger charge is 2.32. The van der Waals surface area contributed by atoms with Gasteiger partial charge in [0, 0.05) is 17.0 Å². The largest absolute Gasteiger partial charge is 0.497 e. The number of aryl methyl sites for hydroxylation is 2. The molecule has 0 atom stereocenters. The van der Waals surface area contributed by atoms with Crippen LogP contribution in [0.4, 0.5) is 5.69 Å². The van der Waals surface area contributed by atoms with Gasteiger partial charge in [0.25, 0.3) is 5.91 Å².